The third kappa shape index (κ3) is 3.59. The maximum absolute atomic E-state index is 11.1. The number of hydrogen-bond donors (Lipinski definition) is 1. The van der Waals surface area contributed by atoms with E-state index in [4.69, 9.17) is 19.3 Å². The van der Waals surface area contributed by atoms with Crippen molar-refractivity contribution in [2.75, 3.05) is 13.2 Å². The van der Waals surface area contributed by atoms with Crippen LogP contribution in [0.25, 0.3) is 11.0 Å². The summed E-state index contributed by atoms with van der Waals surface area (Å²) in [5, 5.41) is 9.09. The number of para-hydroxylation sites is 1. The van der Waals surface area contributed by atoms with E-state index in [1.807, 2.05) is 29.8 Å². The molecule has 1 aliphatic heterocycles. The highest BCUT2D eigenvalue weighted by Crippen LogP contribution is 2.28. The van der Waals surface area contributed by atoms with E-state index in [9.17, 15) is 4.79 Å². The van der Waals surface area contributed by atoms with Gasteiger partial charge in [0, 0.05) is 13.5 Å². The summed E-state index contributed by atoms with van der Waals surface area (Å²) in [4.78, 5) is 15.8. The molecule has 2 aromatic carbocycles. The molecule has 2 heterocycles. The van der Waals surface area contributed by atoms with Crippen LogP contribution >= 0.6 is 0 Å². The minimum atomic E-state index is -0.985. The minimum Gasteiger partial charge on any atom is -0.486 e. The predicted octanol–water partition coefficient (Wildman–Crippen LogP) is 3.02. The van der Waals surface area contributed by atoms with Gasteiger partial charge in [-0.2, -0.15) is 0 Å². The summed E-state index contributed by atoms with van der Waals surface area (Å²) in [5.74, 6) is 0.963. The van der Waals surface area contributed by atoms with E-state index in [-0.39, 0.29) is 18.3 Å². The van der Waals surface area contributed by atoms with Crippen molar-refractivity contribution < 1.29 is 24.1 Å². The van der Waals surface area contributed by atoms with E-state index in [1.54, 1.807) is 12.1 Å². The lowest BCUT2D eigenvalue weighted by Gasteiger charge is -2.11. The largest absolute Gasteiger partial charge is 0.486 e. The fourth-order valence-electron chi connectivity index (χ4n) is 3.11. The molecule has 0 bridgehead atoms. The number of carboxylic acids is 1. The molecule has 0 aliphatic carbocycles. The van der Waals surface area contributed by atoms with Crippen LogP contribution in [0.1, 0.15) is 22.6 Å². The standard InChI is InChI=1S/C20H20N2O5/c1-22-16-6-3-7-17(27-15-8-9-25-11-15)19(16)21-18(22)12-26-14-5-2-4-13(10-14)20(23)24/h2-7,10,15H,8-9,11-12H2,1H3,(H,23,24). The average Bonchev–Trinajstić information content (AvgIpc) is 3.29. The number of aromatic nitrogens is 2. The van der Waals surface area contributed by atoms with Crippen LogP contribution in [-0.4, -0.2) is 39.9 Å². The summed E-state index contributed by atoms with van der Waals surface area (Å²) in [7, 11) is 1.92. The molecule has 0 amide bonds. The first-order valence-corrected chi connectivity index (χ1v) is 8.76. The molecule has 1 saturated heterocycles. The van der Waals surface area contributed by atoms with Gasteiger partial charge < -0.3 is 23.9 Å². The summed E-state index contributed by atoms with van der Waals surface area (Å²) >= 11 is 0. The molecule has 4 rings (SSSR count). The van der Waals surface area contributed by atoms with E-state index in [0.717, 1.165) is 35.6 Å². The van der Waals surface area contributed by atoms with Gasteiger partial charge in [0.15, 0.2) is 0 Å². The fourth-order valence-corrected chi connectivity index (χ4v) is 3.11. The second-order valence-corrected chi connectivity index (χ2v) is 6.44. The lowest BCUT2D eigenvalue weighted by Crippen LogP contribution is -2.15. The minimum absolute atomic E-state index is 0.0519. The first-order chi connectivity index (χ1) is 13.1. The topological polar surface area (TPSA) is 82.8 Å². The lowest BCUT2D eigenvalue weighted by molar-refractivity contribution is 0.0696. The van der Waals surface area contributed by atoms with Crippen molar-refractivity contribution in [1.82, 2.24) is 9.55 Å². The summed E-state index contributed by atoms with van der Waals surface area (Å²) in [6.07, 6.45) is 0.926. The molecular weight excluding hydrogens is 348 g/mol. The Bertz CT molecular complexity index is 976. The van der Waals surface area contributed by atoms with Gasteiger partial charge in [-0.25, -0.2) is 9.78 Å². The first-order valence-electron chi connectivity index (χ1n) is 8.76. The molecule has 140 valence electrons. The van der Waals surface area contributed by atoms with Crippen molar-refractivity contribution in [3.05, 3.63) is 53.9 Å². The number of aromatic carboxylic acids is 1. The molecule has 0 saturated carbocycles. The second kappa shape index (κ2) is 7.28. The SMILES string of the molecule is Cn1c(COc2cccc(C(=O)O)c2)nc2c(OC3CCOC3)cccc21. The highest BCUT2D eigenvalue weighted by atomic mass is 16.5. The first kappa shape index (κ1) is 17.4. The summed E-state index contributed by atoms with van der Waals surface area (Å²) in [6.45, 7) is 1.54. The molecule has 27 heavy (non-hydrogen) atoms. The predicted molar refractivity (Wildman–Crippen MR) is 98.3 cm³/mol. The second-order valence-electron chi connectivity index (χ2n) is 6.44. The van der Waals surface area contributed by atoms with E-state index in [1.165, 1.54) is 12.1 Å². The van der Waals surface area contributed by atoms with Gasteiger partial charge in [-0.1, -0.05) is 12.1 Å². The Balaban J connectivity index is 1.56. The molecule has 1 atom stereocenters. The number of nitrogens with zero attached hydrogens (tertiary/aromatic N) is 2. The van der Waals surface area contributed by atoms with E-state index in [2.05, 4.69) is 4.98 Å². The molecule has 7 heteroatoms. The van der Waals surface area contributed by atoms with E-state index >= 15 is 0 Å². The van der Waals surface area contributed by atoms with Crippen LogP contribution in [0.4, 0.5) is 0 Å². The maximum atomic E-state index is 11.1. The quantitative estimate of drug-likeness (QED) is 0.720. The van der Waals surface area contributed by atoms with Gasteiger partial charge in [0.1, 0.15) is 35.6 Å². The van der Waals surface area contributed by atoms with Crippen molar-refractivity contribution >= 4 is 17.0 Å². The van der Waals surface area contributed by atoms with Crippen molar-refractivity contribution in [2.45, 2.75) is 19.1 Å². The number of carbonyl (C=O) groups is 1. The van der Waals surface area contributed by atoms with Crippen molar-refractivity contribution in [3.63, 3.8) is 0 Å². The number of benzene rings is 2. The number of carboxylic acid groups (broad SMARTS) is 1. The average molecular weight is 368 g/mol. The van der Waals surface area contributed by atoms with Gasteiger partial charge in [-0.3, -0.25) is 0 Å². The highest BCUT2D eigenvalue weighted by Gasteiger charge is 2.20. The number of fused-ring (bicyclic) bond motifs is 1. The summed E-state index contributed by atoms with van der Waals surface area (Å²) < 4.78 is 19.1. The van der Waals surface area contributed by atoms with Crippen LogP contribution in [0.2, 0.25) is 0 Å². The highest BCUT2D eigenvalue weighted by molar-refractivity contribution is 5.88. The Morgan fingerprint density at radius 3 is 2.96 bits per heavy atom. The molecule has 1 fully saturated rings. The third-order valence-corrected chi connectivity index (χ3v) is 4.60. The van der Waals surface area contributed by atoms with Crippen LogP contribution in [0.3, 0.4) is 0 Å². The third-order valence-electron chi connectivity index (χ3n) is 4.60. The monoisotopic (exact) mass is 368 g/mol. The Morgan fingerprint density at radius 1 is 1.33 bits per heavy atom. The Labute approximate surface area is 156 Å². The van der Waals surface area contributed by atoms with Crippen LogP contribution in [0.15, 0.2) is 42.5 Å². The number of ether oxygens (including phenoxy) is 3. The Hall–Kier alpha value is -3.06. The van der Waals surface area contributed by atoms with Crippen molar-refractivity contribution in [3.8, 4) is 11.5 Å². The zero-order chi connectivity index (χ0) is 18.8. The van der Waals surface area contributed by atoms with Gasteiger partial charge in [-0.15, -0.1) is 0 Å². The maximum Gasteiger partial charge on any atom is 0.335 e. The van der Waals surface area contributed by atoms with Crippen LogP contribution in [0, 0.1) is 0 Å². The lowest BCUT2D eigenvalue weighted by atomic mass is 10.2. The molecule has 7 nitrogen and oxygen atoms in total. The zero-order valence-corrected chi connectivity index (χ0v) is 14.9. The molecule has 3 aromatic rings. The Kier molecular flexibility index (Phi) is 4.68. The van der Waals surface area contributed by atoms with Crippen molar-refractivity contribution in [2.24, 2.45) is 7.05 Å². The van der Waals surface area contributed by atoms with Gasteiger partial charge in [-0.05, 0) is 30.3 Å². The van der Waals surface area contributed by atoms with Gasteiger partial charge in [0.05, 0.1) is 24.3 Å². The van der Waals surface area contributed by atoms with Crippen LogP contribution in [-0.2, 0) is 18.4 Å². The number of hydrogen-bond acceptors (Lipinski definition) is 5. The normalized spacial score (nSPS) is 16.6. The molecule has 0 spiro atoms. The van der Waals surface area contributed by atoms with Gasteiger partial charge >= 0.3 is 5.97 Å². The summed E-state index contributed by atoms with van der Waals surface area (Å²) in [6, 6.07) is 12.2. The van der Waals surface area contributed by atoms with Crippen LogP contribution in [0.5, 0.6) is 11.5 Å². The molecule has 1 N–H and O–H groups in total. The Morgan fingerprint density at radius 2 is 2.19 bits per heavy atom. The molecule has 1 unspecified atom stereocenters. The van der Waals surface area contributed by atoms with Gasteiger partial charge in [0.25, 0.3) is 0 Å². The smallest absolute Gasteiger partial charge is 0.335 e. The molecule has 0 radical (unpaired) electrons. The fraction of sp³-hybridized carbons (Fsp3) is 0.300. The van der Waals surface area contributed by atoms with Gasteiger partial charge in [0.2, 0.25) is 0 Å². The number of imidazole rings is 1. The van der Waals surface area contributed by atoms with E-state index < -0.39 is 5.97 Å². The van der Waals surface area contributed by atoms with Crippen LogP contribution < -0.4 is 9.47 Å². The molecule has 1 aliphatic rings. The van der Waals surface area contributed by atoms with Crippen molar-refractivity contribution in [1.29, 1.82) is 0 Å². The molecular formula is C20H20N2O5. The number of aryl methyl sites for hydroxylation is 1. The molecule has 1 aromatic heterocycles. The number of rotatable bonds is 6. The summed E-state index contributed by atoms with van der Waals surface area (Å²) in [5.41, 5.74) is 1.92. The van der Waals surface area contributed by atoms with E-state index in [0.29, 0.717) is 12.4 Å². The zero-order valence-electron chi connectivity index (χ0n) is 14.9.